The SMILES string of the molecule is COCC1c2c(cnn2C)CCN1Cc1ccc2c(c1)OCO2.O=C(O)C(F)(F)F.O=C(O)C(F)(F)F. The van der Waals surface area contributed by atoms with E-state index in [1.807, 2.05) is 24.0 Å². The molecule has 10 nitrogen and oxygen atoms in total. The molecule has 0 spiro atoms. The van der Waals surface area contributed by atoms with E-state index in [2.05, 4.69) is 22.1 Å². The van der Waals surface area contributed by atoms with E-state index in [-0.39, 0.29) is 6.04 Å². The van der Waals surface area contributed by atoms with Crippen LogP contribution in [0.3, 0.4) is 0 Å². The second-order valence-electron chi connectivity index (χ2n) is 7.66. The molecule has 4 rings (SSSR count). The molecule has 3 heterocycles. The van der Waals surface area contributed by atoms with Crippen LogP contribution in [0.25, 0.3) is 0 Å². The van der Waals surface area contributed by atoms with Gasteiger partial charge in [-0.2, -0.15) is 31.4 Å². The first-order valence-electron chi connectivity index (χ1n) is 10.4. The van der Waals surface area contributed by atoms with E-state index >= 15 is 0 Å². The van der Waals surface area contributed by atoms with Gasteiger partial charge in [0.05, 0.1) is 24.5 Å². The Hall–Kier alpha value is -3.53. The third-order valence-electron chi connectivity index (χ3n) is 5.12. The summed E-state index contributed by atoms with van der Waals surface area (Å²) >= 11 is 0. The molecule has 16 heteroatoms. The fourth-order valence-electron chi connectivity index (χ4n) is 3.51. The van der Waals surface area contributed by atoms with Gasteiger partial charge in [0.1, 0.15) is 0 Å². The first kappa shape index (κ1) is 29.7. The molecule has 0 saturated heterocycles. The number of fused-ring (bicyclic) bond motifs is 2. The van der Waals surface area contributed by atoms with E-state index in [4.69, 9.17) is 34.0 Å². The zero-order chi connectivity index (χ0) is 28.0. The number of aryl methyl sites for hydroxylation is 1. The Morgan fingerprint density at radius 1 is 1.08 bits per heavy atom. The Morgan fingerprint density at radius 3 is 2.19 bits per heavy atom. The number of aliphatic carboxylic acids is 2. The minimum Gasteiger partial charge on any atom is -0.475 e. The van der Waals surface area contributed by atoms with Crippen LogP contribution in [-0.4, -0.2) is 76.2 Å². The number of carboxylic acid groups (broad SMARTS) is 2. The van der Waals surface area contributed by atoms with Crippen molar-refractivity contribution >= 4 is 11.9 Å². The average Bonchev–Trinajstić information content (AvgIpc) is 3.41. The number of carbonyl (C=O) groups is 2. The number of rotatable bonds is 4. The molecule has 1 aromatic carbocycles. The standard InChI is InChI=1S/C17H21N3O3.2C2HF3O2/c1-19-17-13(8-18-19)5-6-20(14(17)10-21-2)9-12-3-4-15-16(7-12)23-11-22-15;2*3-2(4,5)1(6)7/h3-4,7-8,14H,5-6,9-11H2,1-2H3;2*(H,6,7). The summed E-state index contributed by atoms with van der Waals surface area (Å²) in [6, 6.07) is 6.39. The summed E-state index contributed by atoms with van der Waals surface area (Å²) in [5.41, 5.74) is 3.82. The zero-order valence-corrected chi connectivity index (χ0v) is 19.5. The number of hydrogen-bond acceptors (Lipinski definition) is 7. The van der Waals surface area contributed by atoms with Crippen LogP contribution in [0.5, 0.6) is 11.5 Å². The molecule has 0 aliphatic carbocycles. The molecule has 1 unspecified atom stereocenters. The number of aromatic nitrogens is 2. The van der Waals surface area contributed by atoms with Crippen LogP contribution in [0.1, 0.15) is 22.9 Å². The zero-order valence-electron chi connectivity index (χ0n) is 19.5. The summed E-state index contributed by atoms with van der Waals surface area (Å²) in [4.78, 5) is 20.2. The molecule has 206 valence electrons. The van der Waals surface area contributed by atoms with E-state index in [1.54, 1.807) is 7.11 Å². The third kappa shape index (κ3) is 8.24. The summed E-state index contributed by atoms with van der Waals surface area (Å²) in [7, 11) is 3.76. The van der Waals surface area contributed by atoms with Crippen molar-refractivity contribution in [2.75, 3.05) is 27.1 Å². The van der Waals surface area contributed by atoms with E-state index in [9.17, 15) is 26.3 Å². The van der Waals surface area contributed by atoms with Gasteiger partial charge in [-0.15, -0.1) is 0 Å². The van der Waals surface area contributed by atoms with Crippen LogP contribution in [0.2, 0.25) is 0 Å². The largest absolute Gasteiger partial charge is 0.490 e. The summed E-state index contributed by atoms with van der Waals surface area (Å²) in [6.07, 6.45) is -7.16. The summed E-state index contributed by atoms with van der Waals surface area (Å²) in [5.74, 6) is -3.85. The number of halogens is 6. The van der Waals surface area contributed by atoms with Crippen LogP contribution in [0.4, 0.5) is 26.3 Å². The van der Waals surface area contributed by atoms with Gasteiger partial charge in [-0.25, -0.2) is 9.59 Å². The lowest BCUT2D eigenvalue weighted by molar-refractivity contribution is -0.193. The molecule has 0 radical (unpaired) electrons. The maximum absolute atomic E-state index is 10.6. The third-order valence-corrected chi connectivity index (χ3v) is 5.12. The monoisotopic (exact) mass is 543 g/mol. The molecule has 2 N–H and O–H groups in total. The lowest BCUT2D eigenvalue weighted by Crippen LogP contribution is -2.38. The first-order valence-corrected chi connectivity index (χ1v) is 10.4. The van der Waals surface area contributed by atoms with Crippen molar-refractivity contribution in [1.82, 2.24) is 14.7 Å². The topological polar surface area (TPSA) is 123 Å². The molecule has 0 saturated carbocycles. The van der Waals surface area contributed by atoms with E-state index in [1.165, 1.54) is 16.8 Å². The van der Waals surface area contributed by atoms with Gasteiger partial charge in [0, 0.05) is 27.2 Å². The van der Waals surface area contributed by atoms with Crippen molar-refractivity contribution in [1.29, 1.82) is 0 Å². The molecule has 0 amide bonds. The Morgan fingerprint density at radius 2 is 1.65 bits per heavy atom. The van der Waals surface area contributed by atoms with Crippen molar-refractivity contribution in [3.63, 3.8) is 0 Å². The molecule has 2 aliphatic heterocycles. The number of methoxy groups -OCH3 is 1. The maximum atomic E-state index is 10.6. The number of nitrogens with zero attached hydrogens (tertiary/aromatic N) is 3. The van der Waals surface area contributed by atoms with Crippen LogP contribution in [0.15, 0.2) is 24.4 Å². The van der Waals surface area contributed by atoms with Crippen molar-refractivity contribution in [2.24, 2.45) is 7.05 Å². The predicted octanol–water partition coefficient (Wildman–Crippen LogP) is 3.16. The Kier molecular flexibility index (Phi) is 9.74. The van der Waals surface area contributed by atoms with Gasteiger partial charge in [0.2, 0.25) is 6.79 Å². The number of alkyl halides is 6. The fourth-order valence-corrected chi connectivity index (χ4v) is 3.51. The molecule has 2 aromatic rings. The highest BCUT2D eigenvalue weighted by atomic mass is 19.4. The number of ether oxygens (including phenoxy) is 3. The Balaban J connectivity index is 0.000000286. The molecule has 1 aromatic heterocycles. The highest BCUT2D eigenvalue weighted by Gasteiger charge is 2.39. The second-order valence-corrected chi connectivity index (χ2v) is 7.66. The number of carboxylic acids is 2. The van der Waals surface area contributed by atoms with Crippen LogP contribution in [-0.2, 0) is 34.3 Å². The van der Waals surface area contributed by atoms with E-state index in [0.29, 0.717) is 13.4 Å². The van der Waals surface area contributed by atoms with Crippen LogP contribution in [0, 0.1) is 0 Å². The Labute approximate surface area is 205 Å². The first-order chi connectivity index (χ1) is 17.1. The van der Waals surface area contributed by atoms with Crippen molar-refractivity contribution in [2.45, 2.75) is 31.4 Å². The minimum absolute atomic E-state index is 0.224. The van der Waals surface area contributed by atoms with Crippen LogP contribution < -0.4 is 9.47 Å². The lowest BCUT2D eigenvalue weighted by Gasteiger charge is -2.35. The van der Waals surface area contributed by atoms with Gasteiger partial charge >= 0.3 is 24.3 Å². The summed E-state index contributed by atoms with van der Waals surface area (Å²) in [6.45, 7) is 2.83. The van der Waals surface area contributed by atoms with Crippen LogP contribution >= 0.6 is 0 Å². The van der Waals surface area contributed by atoms with Gasteiger partial charge in [0.25, 0.3) is 0 Å². The minimum atomic E-state index is -5.08. The lowest BCUT2D eigenvalue weighted by atomic mass is 9.99. The molecular formula is C21H23F6N3O7. The highest BCUT2D eigenvalue weighted by molar-refractivity contribution is 5.73. The molecule has 37 heavy (non-hydrogen) atoms. The molecular weight excluding hydrogens is 520 g/mol. The van der Waals surface area contributed by atoms with Gasteiger partial charge in [-0.1, -0.05) is 6.07 Å². The highest BCUT2D eigenvalue weighted by Crippen LogP contribution is 2.35. The van der Waals surface area contributed by atoms with Gasteiger partial charge < -0.3 is 24.4 Å². The second kappa shape index (κ2) is 12.1. The maximum Gasteiger partial charge on any atom is 0.490 e. The van der Waals surface area contributed by atoms with Gasteiger partial charge in [0.15, 0.2) is 11.5 Å². The molecule has 1 atom stereocenters. The van der Waals surface area contributed by atoms with Gasteiger partial charge in [-0.3, -0.25) is 9.58 Å². The fraction of sp³-hybridized carbons (Fsp3) is 0.476. The number of hydrogen-bond donors (Lipinski definition) is 2. The molecule has 0 bridgehead atoms. The van der Waals surface area contributed by atoms with Crippen molar-refractivity contribution in [3.05, 3.63) is 41.2 Å². The van der Waals surface area contributed by atoms with E-state index < -0.39 is 24.3 Å². The molecule has 0 fully saturated rings. The van der Waals surface area contributed by atoms with Crippen molar-refractivity contribution < 1.29 is 60.4 Å². The average molecular weight is 543 g/mol. The quantitative estimate of drug-likeness (QED) is 0.560. The Bertz CT molecular complexity index is 1060. The van der Waals surface area contributed by atoms with Gasteiger partial charge in [-0.05, 0) is 29.7 Å². The smallest absolute Gasteiger partial charge is 0.475 e. The van der Waals surface area contributed by atoms with E-state index in [0.717, 1.165) is 31.0 Å². The summed E-state index contributed by atoms with van der Waals surface area (Å²) < 4.78 is 81.8. The number of benzene rings is 1. The normalized spacial score (nSPS) is 16.6. The summed E-state index contributed by atoms with van der Waals surface area (Å²) in [5, 5.41) is 18.7. The molecule has 2 aliphatic rings. The predicted molar refractivity (Wildman–Crippen MR) is 112 cm³/mol. The van der Waals surface area contributed by atoms with Crippen molar-refractivity contribution in [3.8, 4) is 11.5 Å².